The highest BCUT2D eigenvalue weighted by molar-refractivity contribution is 5.74. The third-order valence-corrected chi connectivity index (χ3v) is 3.50. The average molecular weight is 258 g/mol. The topological polar surface area (TPSA) is 50.8 Å². The zero-order valence-corrected chi connectivity index (χ0v) is 12.0. The van der Waals surface area contributed by atoms with Gasteiger partial charge in [0.05, 0.1) is 18.8 Å². The smallest absolute Gasteiger partial charge is 0.317 e. The van der Waals surface area contributed by atoms with E-state index in [4.69, 9.17) is 9.47 Å². The van der Waals surface area contributed by atoms with Crippen LogP contribution in [0.5, 0.6) is 0 Å². The summed E-state index contributed by atoms with van der Waals surface area (Å²) < 4.78 is 10.7. The molecule has 1 fully saturated rings. The third-order valence-electron chi connectivity index (χ3n) is 3.50. The van der Waals surface area contributed by atoms with Crippen molar-refractivity contribution < 1.29 is 14.3 Å². The van der Waals surface area contributed by atoms with Gasteiger partial charge >= 0.3 is 6.03 Å². The Morgan fingerprint density at radius 1 is 1.61 bits per heavy atom. The molecule has 5 heteroatoms. The van der Waals surface area contributed by atoms with E-state index in [1.165, 1.54) is 0 Å². The molecule has 1 N–H and O–H groups in total. The number of rotatable bonds is 5. The molecule has 2 amide bonds. The second-order valence-corrected chi connectivity index (χ2v) is 5.21. The molecule has 0 spiro atoms. The number of carbonyl (C=O) groups excluding carboxylic acids is 1. The van der Waals surface area contributed by atoms with Gasteiger partial charge in [-0.25, -0.2) is 4.79 Å². The van der Waals surface area contributed by atoms with Crippen molar-refractivity contribution in [3.05, 3.63) is 0 Å². The second-order valence-electron chi connectivity index (χ2n) is 5.21. The number of hydrogen-bond donors (Lipinski definition) is 1. The summed E-state index contributed by atoms with van der Waals surface area (Å²) in [5.41, 5.74) is -0.203. The lowest BCUT2D eigenvalue weighted by Gasteiger charge is -2.40. The van der Waals surface area contributed by atoms with E-state index < -0.39 is 0 Å². The molecule has 18 heavy (non-hydrogen) atoms. The maximum Gasteiger partial charge on any atom is 0.317 e. The molecule has 0 bridgehead atoms. The van der Waals surface area contributed by atoms with Crippen LogP contribution in [-0.4, -0.2) is 56.0 Å². The number of nitrogens with zero attached hydrogens (tertiary/aromatic N) is 1. The first-order valence-electron chi connectivity index (χ1n) is 6.69. The van der Waals surface area contributed by atoms with Crippen LogP contribution in [0.2, 0.25) is 0 Å². The van der Waals surface area contributed by atoms with E-state index >= 15 is 0 Å². The summed E-state index contributed by atoms with van der Waals surface area (Å²) >= 11 is 0. The number of ether oxygens (including phenoxy) is 2. The molecule has 0 unspecified atom stereocenters. The van der Waals surface area contributed by atoms with E-state index in [9.17, 15) is 4.79 Å². The van der Waals surface area contributed by atoms with Crippen molar-refractivity contribution in [3.8, 4) is 0 Å². The zero-order valence-electron chi connectivity index (χ0n) is 12.0. The number of nitrogens with one attached hydrogen (secondary N) is 1. The Hall–Kier alpha value is -0.810. The van der Waals surface area contributed by atoms with Gasteiger partial charge in [0.2, 0.25) is 0 Å². The highest BCUT2D eigenvalue weighted by Crippen LogP contribution is 2.20. The summed E-state index contributed by atoms with van der Waals surface area (Å²) in [6.45, 7) is 8.74. The van der Waals surface area contributed by atoms with Crippen LogP contribution in [0.4, 0.5) is 4.79 Å². The molecule has 0 aromatic carbocycles. The van der Waals surface area contributed by atoms with Crippen LogP contribution >= 0.6 is 0 Å². The first-order valence-corrected chi connectivity index (χ1v) is 6.69. The minimum absolute atomic E-state index is 0.00146. The van der Waals surface area contributed by atoms with Crippen LogP contribution in [0.25, 0.3) is 0 Å². The summed E-state index contributed by atoms with van der Waals surface area (Å²) in [5.74, 6) is 0. The molecule has 0 aliphatic carbocycles. The minimum atomic E-state index is -0.203. The van der Waals surface area contributed by atoms with Crippen molar-refractivity contribution in [2.75, 3.05) is 33.4 Å². The van der Waals surface area contributed by atoms with Crippen molar-refractivity contribution in [1.29, 1.82) is 0 Å². The third kappa shape index (κ3) is 4.46. The number of methoxy groups -OCH3 is 1. The summed E-state index contributed by atoms with van der Waals surface area (Å²) in [4.78, 5) is 13.9. The number of hydrogen-bond acceptors (Lipinski definition) is 3. The second kappa shape index (κ2) is 6.95. The van der Waals surface area contributed by atoms with Gasteiger partial charge in [0.1, 0.15) is 0 Å². The lowest BCUT2D eigenvalue weighted by atomic mass is 10.0. The Labute approximate surface area is 110 Å². The van der Waals surface area contributed by atoms with E-state index in [-0.39, 0.29) is 17.7 Å². The van der Waals surface area contributed by atoms with Gasteiger partial charge in [-0.1, -0.05) is 6.92 Å². The van der Waals surface area contributed by atoms with E-state index in [2.05, 4.69) is 19.2 Å². The molecule has 1 heterocycles. The molecule has 1 aliphatic heterocycles. The Morgan fingerprint density at radius 2 is 2.33 bits per heavy atom. The first kappa shape index (κ1) is 15.2. The number of urea groups is 1. The van der Waals surface area contributed by atoms with Gasteiger partial charge in [-0.05, 0) is 26.7 Å². The van der Waals surface area contributed by atoms with Gasteiger partial charge in [-0.3, -0.25) is 0 Å². The molecule has 0 saturated carbocycles. The van der Waals surface area contributed by atoms with Crippen LogP contribution in [0, 0.1) is 0 Å². The molecule has 0 aromatic rings. The zero-order chi connectivity index (χ0) is 13.6. The van der Waals surface area contributed by atoms with Gasteiger partial charge in [-0.2, -0.15) is 0 Å². The first-order chi connectivity index (χ1) is 8.50. The van der Waals surface area contributed by atoms with E-state index in [0.29, 0.717) is 26.3 Å². The molecule has 0 aromatic heterocycles. The Balaban J connectivity index is 2.41. The van der Waals surface area contributed by atoms with Crippen LogP contribution in [0.15, 0.2) is 0 Å². The predicted molar refractivity (Wildman–Crippen MR) is 70.7 cm³/mol. The fourth-order valence-electron chi connectivity index (χ4n) is 1.99. The largest absolute Gasteiger partial charge is 0.385 e. The summed E-state index contributed by atoms with van der Waals surface area (Å²) in [6.07, 6.45) is 1.74. The van der Waals surface area contributed by atoms with Crippen LogP contribution in [0.1, 0.15) is 33.6 Å². The van der Waals surface area contributed by atoms with Crippen LogP contribution in [-0.2, 0) is 9.47 Å². The quantitative estimate of drug-likeness (QED) is 0.815. The summed E-state index contributed by atoms with van der Waals surface area (Å²) in [7, 11) is 1.67. The number of amides is 2. The summed E-state index contributed by atoms with van der Waals surface area (Å²) in [6, 6.07) is 0.134. The SMILES string of the molecule is CC[C@@]1(C)CN(C(=O)N[C@@H](C)CCOC)CCO1. The van der Waals surface area contributed by atoms with Gasteiger partial charge in [0, 0.05) is 26.3 Å². The van der Waals surface area contributed by atoms with E-state index in [1.807, 2.05) is 11.8 Å². The van der Waals surface area contributed by atoms with E-state index in [1.54, 1.807) is 7.11 Å². The fraction of sp³-hybridized carbons (Fsp3) is 0.923. The molecule has 0 radical (unpaired) electrons. The highest BCUT2D eigenvalue weighted by atomic mass is 16.5. The van der Waals surface area contributed by atoms with Crippen molar-refractivity contribution in [3.63, 3.8) is 0 Å². The number of morpholine rings is 1. The average Bonchev–Trinajstić information content (AvgIpc) is 2.36. The lowest BCUT2D eigenvalue weighted by molar-refractivity contribution is -0.0874. The predicted octanol–water partition coefficient (Wildman–Crippen LogP) is 1.62. The van der Waals surface area contributed by atoms with Gasteiger partial charge in [0.15, 0.2) is 0 Å². The Morgan fingerprint density at radius 3 is 2.94 bits per heavy atom. The highest BCUT2D eigenvalue weighted by Gasteiger charge is 2.32. The minimum Gasteiger partial charge on any atom is -0.385 e. The lowest BCUT2D eigenvalue weighted by Crippen LogP contribution is -2.55. The van der Waals surface area contributed by atoms with Gasteiger partial charge in [0.25, 0.3) is 0 Å². The standard InChI is InChI=1S/C13H26N2O3/c1-5-13(3)10-15(7-9-18-13)12(16)14-11(2)6-8-17-4/h11H,5-10H2,1-4H3,(H,14,16)/t11-,13-/m0/s1. The van der Waals surface area contributed by atoms with E-state index in [0.717, 1.165) is 12.8 Å². The van der Waals surface area contributed by atoms with Crippen molar-refractivity contribution >= 4 is 6.03 Å². The number of carbonyl (C=O) groups is 1. The van der Waals surface area contributed by atoms with Gasteiger partial charge < -0.3 is 19.7 Å². The van der Waals surface area contributed by atoms with Crippen LogP contribution < -0.4 is 5.32 Å². The Bertz CT molecular complexity index is 273. The van der Waals surface area contributed by atoms with Crippen molar-refractivity contribution in [2.24, 2.45) is 0 Å². The molecular weight excluding hydrogens is 232 g/mol. The monoisotopic (exact) mass is 258 g/mol. The fourth-order valence-corrected chi connectivity index (χ4v) is 1.99. The molecular formula is C13H26N2O3. The van der Waals surface area contributed by atoms with Crippen LogP contribution in [0.3, 0.4) is 0 Å². The van der Waals surface area contributed by atoms with Gasteiger partial charge in [-0.15, -0.1) is 0 Å². The Kier molecular flexibility index (Phi) is 5.88. The molecule has 5 nitrogen and oxygen atoms in total. The van der Waals surface area contributed by atoms with Crippen molar-refractivity contribution in [1.82, 2.24) is 10.2 Å². The molecule has 2 atom stereocenters. The molecule has 1 rings (SSSR count). The maximum absolute atomic E-state index is 12.1. The molecule has 1 aliphatic rings. The normalized spacial score (nSPS) is 25.9. The molecule has 106 valence electrons. The van der Waals surface area contributed by atoms with Crippen molar-refractivity contribution in [2.45, 2.75) is 45.3 Å². The molecule has 1 saturated heterocycles. The maximum atomic E-state index is 12.1. The summed E-state index contributed by atoms with van der Waals surface area (Å²) in [5, 5.41) is 3.00.